The van der Waals surface area contributed by atoms with Crippen molar-refractivity contribution in [1.82, 2.24) is 29.6 Å². The predicted octanol–water partition coefficient (Wildman–Crippen LogP) is 2.32. The van der Waals surface area contributed by atoms with Crippen molar-refractivity contribution >= 4 is 33.8 Å². The van der Waals surface area contributed by atoms with Crippen LogP contribution >= 0.6 is 11.3 Å². The summed E-state index contributed by atoms with van der Waals surface area (Å²) in [6.45, 7) is 0.478. The quantitative estimate of drug-likeness (QED) is 0.459. The minimum Gasteiger partial charge on any atom is -0.350 e. The van der Waals surface area contributed by atoms with E-state index in [-0.39, 0.29) is 5.91 Å². The highest BCUT2D eigenvalue weighted by atomic mass is 32.1. The Labute approximate surface area is 171 Å². The average Bonchev–Trinajstić information content (AvgIpc) is 3.38. The van der Waals surface area contributed by atoms with Crippen LogP contribution in [0.2, 0.25) is 0 Å². The molecule has 4 rings (SSSR count). The molecule has 4 aromatic heterocycles. The number of thiazole rings is 1. The van der Waals surface area contributed by atoms with Gasteiger partial charge >= 0.3 is 0 Å². The van der Waals surface area contributed by atoms with Crippen LogP contribution in [-0.4, -0.2) is 43.0 Å². The van der Waals surface area contributed by atoms with Gasteiger partial charge in [0.05, 0.1) is 10.4 Å². The Morgan fingerprint density at radius 1 is 1.34 bits per heavy atom. The molecule has 0 aliphatic rings. The number of nitrogens with zero attached hydrogens (tertiary/aromatic N) is 5. The molecule has 0 aliphatic heterocycles. The Bertz CT molecular complexity index is 1170. The summed E-state index contributed by atoms with van der Waals surface area (Å²) in [5.41, 5.74) is 3.79. The van der Waals surface area contributed by atoms with E-state index in [9.17, 15) is 4.79 Å². The monoisotopic (exact) mass is 407 g/mol. The van der Waals surface area contributed by atoms with E-state index >= 15 is 0 Å². The number of nitrogens with one attached hydrogen (secondary N) is 2. The van der Waals surface area contributed by atoms with E-state index in [0.29, 0.717) is 30.6 Å². The number of pyridine rings is 1. The minimum absolute atomic E-state index is 0.207. The molecule has 29 heavy (non-hydrogen) atoms. The van der Waals surface area contributed by atoms with Crippen LogP contribution in [0.3, 0.4) is 0 Å². The van der Waals surface area contributed by atoms with Gasteiger partial charge in [0.2, 0.25) is 0 Å². The van der Waals surface area contributed by atoms with E-state index in [0.717, 1.165) is 26.6 Å². The number of rotatable bonds is 7. The summed E-state index contributed by atoms with van der Waals surface area (Å²) in [6.07, 6.45) is 8.01. The van der Waals surface area contributed by atoms with Crippen molar-refractivity contribution in [3.63, 3.8) is 0 Å². The predicted molar refractivity (Wildman–Crippen MR) is 113 cm³/mol. The average molecular weight is 408 g/mol. The van der Waals surface area contributed by atoms with Crippen molar-refractivity contribution < 1.29 is 4.79 Å². The molecule has 0 aliphatic carbocycles. The fourth-order valence-corrected chi connectivity index (χ4v) is 4.44. The van der Waals surface area contributed by atoms with Crippen LogP contribution in [0.25, 0.3) is 10.3 Å². The first-order valence-corrected chi connectivity index (χ1v) is 10.0. The van der Waals surface area contributed by atoms with Gasteiger partial charge in [-0.15, -0.1) is 11.3 Å². The molecule has 1 amide bonds. The Morgan fingerprint density at radius 3 is 2.90 bits per heavy atom. The largest absolute Gasteiger partial charge is 0.350 e. The zero-order valence-corrected chi connectivity index (χ0v) is 17.0. The molecule has 0 radical (unpaired) electrons. The Morgan fingerprint density at radius 2 is 2.21 bits per heavy atom. The lowest BCUT2D eigenvalue weighted by atomic mass is 10.2. The van der Waals surface area contributed by atoms with Crippen LogP contribution in [0.15, 0.2) is 36.8 Å². The van der Waals surface area contributed by atoms with Gasteiger partial charge in [-0.25, -0.2) is 4.98 Å². The number of hydrogen-bond donors (Lipinski definition) is 2. The van der Waals surface area contributed by atoms with Gasteiger partial charge in [0.15, 0.2) is 5.65 Å². The van der Waals surface area contributed by atoms with E-state index in [4.69, 9.17) is 10.4 Å². The molecular weight excluding hydrogens is 386 g/mol. The van der Waals surface area contributed by atoms with Gasteiger partial charge in [0.1, 0.15) is 10.7 Å². The van der Waals surface area contributed by atoms with Crippen molar-refractivity contribution in [1.29, 1.82) is 5.41 Å². The summed E-state index contributed by atoms with van der Waals surface area (Å²) in [7, 11) is 3.68. The van der Waals surface area contributed by atoms with E-state index in [1.165, 1.54) is 17.6 Å². The lowest BCUT2D eigenvalue weighted by molar-refractivity contribution is 0.0946. The standard InChI is InChI=1S/C20H21N7OS/c1-26-9-6-14(25-26)5-8-23-20(28)17-15(11-21)18-19(27(17)2)24-16(29-18)10-13-4-3-7-22-12-13/h3-4,6-7,9,11-12,21H,5,8,10H2,1-2H3,(H,23,28). The van der Waals surface area contributed by atoms with Crippen molar-refractivity contribution in [2.24, 2.45) is 14.1 Å². The number of aryl methyl sites for hydroxylation is 2. The van der Waals surface area contributed by atoms with Crippen LogP contribution in [0, 0.1) is 5.41 Å². The Hall–Kier alpha value is -3.33. The summed E-state index contributed by atoms with van der Waals surface area (Å²) in [4.78, 5) is 21.6. The smallest absolute Gasteiger partial charge is 0.268 e. The number of hydrogen-bond acceptors (Lipinski definition) is 6. The Kier molecular flexibility index (Phi) is 5.22. The van der Waals surface area contributed by atoms with Gasteiger partial charge in [0.25, 0.3) is 5.91 Å². The molecule has 4 aromatic rings. The fraction of sp³-hybridized carbons (Fsp3) is 0.250. The molecule has 0 spiro atoms. The number of amides is 1. The first-order chi connectivity index (χ1) is 14.1. The highest BCUT2D eigenvalue weighted by Gasteiger charge is 2.23. The maximum absolute atomic E-state index is 12.8. The first-order valence-electron chi connectivity index (χ1n) is 9.21. The fourth-order valence-electron chi connectivity index (χ4n) is 3.30. The number of aromatic nitrogens is 5. The minimum atomic E-state index is -0.207. The highest BCUT2D eigenvalue weighted by Crippen LogP contribution is 2.30. The molecule has 0 bridgehead atoms. The van der Waals surface area contributed by atoms with Gasteiger partial charge in [0, 0.05) is 63.9 Å². The maximum atomic E-state index is 12.8. The normalized spacial score (nSPS) is 11.1. The summed E-state index contributed by atoms with van der Waals surface area (Å²) in [6, 6.07) is 5.84. The van der Waals surface area contributed by atoms with E-state index < -0.39 is 0 Å². The molecule has 0 atom stereocenters. The molecule has 0 saturated carbocycles. The Balaban J connectivity index is 1.54. The number of fused-ring (bicyclic) bond motifs is 1. The highest BCUT2D eigenvalue weighted by molar-refractivity contribution is 7.19. The topological polar surface area (TPSA) is 101 Å². The van der Waals surface area contributed by atoms with Crippen LogP contribution in [0.1, 0.15) is 32.3 Å². The van der Waals surface area contributed by atoms with Gasteiger partial charge < -0.3 is 15.3 Å². The van der Waals surface area contributed by atoms with Crippen molar-refractivity contribution in [3.05, 3.63) is 64.3 Å². The molecule has 0 fully saturated rings. The van der Waals surface area contributed by atoms with Crippen molar-refractivity contribution in [2.45, 2.75) is 12.8 Å². The second-order valence-electron chi connectivity index (χ2n) is 6.75. The first kappa shape index (κ1) is 19.0. The van der Waals surface area contributed by atoms with Crippen LogP contribution < -0.4 is 5.32 Å². The second-order valence-corrected chi connectivity index (χ2v) is 7.83. The molecule has 148 valence electrons. The molecule has 8 nitrogen and oxygen atoms in total. The SMILES string of the molecule is Cn1ccc(CCNC(=O)c2c(C=N)c3sc(Cc4cccnc4)nc3n2C)n1. The second kappa shape index (κ2) is 7.96. The van der Waals surface area contributed by atoms with E-state index in [2.05, 4.69) is 15.4 Å². The van der Waals surface area contributed by atoms with E-state index in [1.807, 2.05) is 44.7 Å². The molecular formula is C20H21N7OS. The number of carbonyl (C=O) groups excluding carboxylic acids is 1. The van der Waals surface area contributed by atoms with Crippen LogP contribution in [-0.2, 0) is 26.9 Å². The third-order valence-electron chi connectivity index (χ3n) is 4.68. The lowest BCUT2D eigenvalue weighted by Crippen LogP contribution is -2.28. The lowest BCUT2D eigenvalue weighted by Gasteiger charge is -2.07. The van der Waals surface area contributed by atoms with Crippen molar-refractivity contribution in [3.8, 4) is 0 Å². The summed E-state index contributed by atoms with van der Waals surface area (Å²) >= 11 is 1.52. The van der Waals surface area contributed by atoms with Crippen LogP contribution in [0.4, 0.5) is 0 Å². The zero-order chi connectivity index (χ0) is 20.4. The molecule has 4 heterocycles. The molecule has 2 N–H and O–H groups in total. The molecule has 0 unspecified atom stereocenters. The summed E-state index contributed by atoms with van der Waals surface area (Å²) in [5.74, 6) is -0.207. The molecule has 0 saturated heterocycles. The summed E-state index contributed by atoms with van der Waals surface area (Å²) < 4.78 is 4.37. The van der Waals surface area contributed by atoms with Crippen LogP contribution in [0.5, 0.6) is 0 Å². The summed E-state index contributed by atoms with van der Waals surface area (Å²) in [5, 5.41) is 16.0. The third kappa shape index (κ3) is 3.81. The van der Waals surface area contributed by atoms with Gasteiger partial charge in [-0.2, -0.15) is 5.10 Å². The molecule has 9 heteroatoms. The van der Waals surface area contributed by atoms with Crippen molar-refractivity contribution in [2.75, 3.05) is 6.54 Å². The van der Waals surface area contributed by atoms with E-state index in [1.54, 1.807) is 15.4 Å². The van der Waals surface area contributed by atoms with Gasteiger partial charge in [-0.05, 0) is 17.7 Å². The van der Waals surface area contributed by atoms with Gasteiger partial charge in [-0.3, -0.25) is 14.5 Å². The number of carbonyl (C=O) groups is 1. The van der Waals surface area contributed by atoms with Gasteiger partial charge in [-0.1, -0.05) is 6.07 Å². The molecule has 0 aromatic carbocycles. The third-order valence-corrected chi connectivity index (χ3v) is 5.76. The zero-order valence-electron chi connectivity index (χ0n) is 16.2. The maximum Gasteiger partial charge on any atom is 0.268 e.